The number of amides is 1. The molecule has 35 heavy (non-hydrogen) atoms. The Bertz CT molecular complexity index is 1490. The van der Waals surface area contributed by atoms with E-state index in [1.807, 2.05) is 78.9 Å². The third-order valence-electron chi connectivity index (χ3n) is 5.83. The van der Waals surface area contributed by atoms with Crippen molar-refractivity contribution in [2.45, 2.75) is 6.17 Å². The third-order valence-corrected chi connectivity index (χ3v) is 6.62. The molecule has 0 spiro atoms. The lowest BCUT2D eigenvalue weighted by molar-refractivity contribution is -0.119. The molecular weight excluding hydrogens is 499 g/mol. The van der Waals surface area contributed by atoms with Crippen LogP contribution in [0.1, 0.15) is 11.1 Å². The second-order valence-electron chi connectivity index (χ2n) is 8.04. The van der Waals surface area contributed by atoms with E-state index in [4.69, 9.17) is 40.4 Å². The molecule has 2 N–H and O–H groups in total. The summed E-state index contributed by atoms with van der Waals surface area (Å²) in [6.45, 7) is 0. The number of carbonyl (C=O) groups is 1. The Balaban J connectivity index is 1.51. The van der Waals surface area contributed by atoms with Gasteiger partial charge in [-0.1, -0.05) is 77.8 Å². The van der Waals surface area contributed by atoms with Crippen LogP contribution in [-0.2, 0) is 4.79 Å². The Morgan fingerprint density at radius 1 is 0.943 bits per heavy atom. The molecule has 0 bridgehead atoms. The van der Waals surface area contributed by atoms with E-state index in [2.05, 4.69) is 10.6 Å². The molecule has 5 rings (SSSR count). The first-order chi connectivity index (χ1) is 16.9. The second-order valence-corrected chi connectivity index (χ2v) is 9.30. The Kier molecular flexibility index (Phi) is 6.43. The van der Waals surface area contributed by atoms with Gasteiger partial charge >= 0.3 is 0 Å². The summed E-state index contributed by atoms with van der Waals surface area (Å²) >= 11 is 18.3. The van der Waals surface area contributed by atoms with Crippen LogP contribution in [0.25, 0.3) is 10.8 Å². The van der Waals surface area contributed by atoms with Crippen molar-refractivity contribution in [3.05, 3.63) is 106 Å². The molecule has 174 valence electrons. The topological polar surface area (TPSA) is 56.7 Å². The van der Waals surface area contributed by atoms with Gasteiger partial charge in [-0.2, -0.15) is 0 Å². The fourth-order valence-corrected chi connectivity index (χ4v) is 4.74. The highest BCUT2D eigenvalue weighted by atomic mass is 35.5. The van der Waals surface area contributed by atoms with Gasteiger partial charge in [0, 0.05) is 44.7 Å². The second kappa shape index (κ2) is 9.66. The number of carbonyl (C=O) groups excluding carboxylic acids is 1. The van der Waals surface area contributed by atoms with Crippen LogP contribution in [0.5, 0.6) is 0 Å². The van der Waals surface area contributed by atoms with Crippen LogP contribution in [0.15, 0.2) is 89.9 Å². The predicted octanol–water partition coefficient (Wildman–Crippen LogP) is 6.27. The fourth-order valence-electron chi connectivity index (χ4n) is 4.12. The quantitative estimate of drug-likeness (QED) is 0.313. The number of rotatable bonds is 3. The van der Waals surface area contributed by atoms with Crippen molar-refractivity contribution in [2.24, 2.45) is 4.99 Å². The molecule has 1 atom stereocenters. The molecule has 0 radical (unpaired) electrons. The molecule has 5 nitrogen and oxygen atoms in total. The third kappa shape index (κ3) is 4.60. The van der Waals surface area contributed by atoms with Crippen LogP contribution in [-0.4, -0.2) is 29.9 Å². The summed E-state index contributed by atoms with van der Waals surface area (Å²) in [5.41, 5.74) is 3.78. The predicted molar refractivity (Wildman–Crippen MR) is 149 cm³/mol. The van der Waals surface area contributed by atoms with Crippen molar-refractivity contribution in [1.29, 1.82) is 0 Å². The van der Waals surface area contributed by atoms with E-state index in [1.165, 1.54) is 0 Å². The minimum absolute atomic E-state index is 0.246. The maximum Gasteiger partial charge on any atom is 0.272 e. The average molecular weight is 519 g/mol. The van der Waals surface area contributed by atoms with E-state index < -0.39 is 6.17 Å². The molecule has 0 aromatic heterocycles. The number of hydrogen-bond acceptors (Lipinski definition) is 3. The normalized spacial score (nSPS) is 15.3. The molecule has 8 heteroatoms. The molecule has 0 saturated heterocycles. The molecule has 1 aliphatic heterocycles. The number of aliphatic imine (C=N–C) groups is 1. The summed E-state index contributed by atoms with van der Waals surface area (Å²) < 4.78 is 0. The number of nitrogens with zero attached hydrogens (tertiary/aromatic N) is 2. The number of fused-ring (bicyclic) bond motifs is 2. The zero-order chi connectivity index (χ0) is 24.5. The molecule has 1 aliphatic rings. The maximum absolute atomic E-state index is 13.4. The summed E-state index contributed by atoms with van der Waals surface area (Å²) in [7, 11) is 1.72. The summed E-state index contributed by atoms with van der Waals surface area (Å²) in [6, 6.07) is 26.5. The number of hydrogen-bond donors (Lipinski definition) is 2. The number of benzodiazepines with no additional fused rings is 1. The molecular formula is C27H20Cl2N4OS. The Hall–Kier alpha value is -3.45. The average Bonchev–Trinajstić information content (AvgIpc) is 2.97. The molecule has 1 heterocycles. The van der Waals surface area contributed by atoms with Gasteiger partial charge in [-0.3, -0.25) is 4.79 Å². The summed E-state index contributed by atoms with van der Waals surface area (Å²) in [4.78, 5) is 19.8. The Morgan fingerprint density at radius 3 is 2.43 bits per heavy atom. The maximum atomic E-state index is 13.4. The van der Waals surface area contributed by atoms with E-state index in [0.29, 0.717) is 21.4 Å². The molecule has 0 saturated carbocycles. The van der Waals surface area contributed by atoms with E-state index in [-0.39, 0.29) is 11.0 Å². The van der Waals surface area contributed by atoms with Crippen LogP contribution < -0.4 is 15.5 Å². The molecule has 4 aromatic carbocycles. The molecule has 4 aromatic rings. The van der Waals surface area contributed by atoms with Crippen LogP contribution in [0.3, 0.4) is 0 Å². The van der Waals surface area contributed by atoms with Crippen molar-refractivity contribution < 1.29 is 4.79 Å². The fraction of sp³-hybridized carbons (Fsp3) is 0.0741. The first-order valence-corrected chi connectivity index (χ1v) is 12.0. The van der Waals surface area contributed by atoms with Gasteiger partial charge in [-0.05, 0) is 42.5 Å². The molecule has 1 amide bonds. The zero-order valence-corrected chi connectivity index (χ0v) is 21.0. The van der Waals surface area contributed by atoms with Crippen molar-refractivity contribution in [3.8, 4) is 0 Å². The summed E-state index contributed by atoms with van der Waals surface area (Å²) in [5, 5.41) is 9.60. The first-order valence-electron chi connectivity index (χ1n) is 10.9. The van der Waals surface area contributed by atoms with Crippen molar-refractivity contribution in [1.82, 2.24) is 5.32 Å². The van der Waals surface area contributed by atoms with E-state index in [9.17, 15) is 4.79 Å². The van der Waals surface area contributed by atoms with Gasteiger partial charge < -0.3 is 15.5 Å². The summed E-state index contributed by atoms with van der Waals surface area (Å²) in [5.74, 6) is -0.246. The van der Waals surface area contributed by atoms with Crippen molar-refractivity contribution in [2.75, 3.05) is 17.3 Å². The van der Waals surface area contributed by atoms with Crippen molar-refractivity contribution in [3.63, 3.8) is 0 Å². The summed E-state index contributed by atoms with van der Waals surface area (Å²) in [6.07, 6.45) is -0.944. The van der Waals surface area contributed by atoms with E-state index in [1.54, 1.807) is 18.0 Å². The Morgan fingerprint density at radius 2 is 1.66 bits per heavy atom. The van der Waals surface area contributed by atoms with Crippen LogP contribution in [0, 0.1) is 0 Å². The van der Waals surface area contributed by atoms with Gasteiger partial charge in [0.25, 0.3) is 5.91 Å². The van der Waals surface area contributed by atoms with Gasteiger partial charge in [0.1, 0.15) is 0 Å². The monoisotopic (exact) mass is 518 g/mol. The first kappa shape index (κ1) is 23.3. The highest BCUT2D eigenvalue weighted by Crippen LogP contribution is 2.31. The zero-order valence-electron chi connectivity index (χ0n) is 18.6. The highest BCUT2D eigenvalue weighted by molar-refractivity contribution is 7.80. The lowest BCUT2D eigenvalue weighted by Crippen LogP contribution is -2.47. The highest BCUT2D eigenvalue weighted by Gasteiger charge is 2.30. The van der Waals surface area contributed by atoms with Crippen LogP contribution in [0.4, 0.5) is 11.4 Å². The minimum atomic E-state index is -0.944. The SMILES string of the molecule is CN1C(=O)C(NC(=S)Nc2ccc(Cl)c3ccccc23)N=C(c2ccccc2)c2cc(Cl)ccc21. The van der Waals surface area contributed by atoms with Crippen molar-refractivity contribution >= 4 is 74.3 Å². The van der Waals surface area contributed by atoms with Gasteiger partial charge in [0.15, 0.2) is 5.11 Å². The van der Waals surface area contributed by atoms with Crippen LogP contribution >= 0.6 is 35.4 Å². The van der Waals surface area contributed by atoms with Gasteiger partial charge in [-0.25, -0.2) is 4.99 Å². The van der Waals surface area contributed by atoms with Gasteiger partial charge in [-0.15, -0.1) is 0 Å². The number of anilines is 2. The van der Waals surface area contributed by atoms with E-state index in [0.717, 1.165) is 27.6 Å². The van der Waals surface area contributed by atoms with E-state index >= 15 is 0 Å². The molecule has 1 unspecified atom stereocenters. The largest absolute Gasteiger partial charge is 0.333 e. The smallest absolute Gasteiger partial charge is 0.272 e. The lowest BCUT2D eigenvalue weighted by Gasteiger charge is -2.22. The lowest BCUT2D eigenvalue weighted by atomic mass is 10.0. The number of benzene rings is 4. The minimum Gasteiger partial charge on any atom is -0.333 e. The Labute approximate surface area is 218 Å². The molecule has 0 fully saturated rings. The van der Waals surface area contributed by atoms with Gasteiger partial charge in [0.05, 0.1) is 11.4 Å². The van der Waals surface area contributed by atoms with Crippen LogP contribution in [0.2, 0.25) is 10.0 Å². The number of halogens is 2. The number of nitrogens with one attached hydrogen (secondary N) is 2. The standard InChI is InChI=1S/C27H20Cl2N4OS/c1-33-23-14-11-17(28)15-20(23)24(16-7-3-2-4-8-16)31-25(26(33)34)32-27(35)30-22-13-12-21(29)18-9-5-6-10-19(18)22/h2-15,25H,1H3,(H2,30,32,35). The number of likely N-dealkylation sites (N-methyl/N-ethyl adjacent to an activating group) is 1. The number of thiocarbonyl (C=S) groups is 1. The molecule has 0 aliphatic carbocycles. The van der Waals surface area contributed by atoms with Gasteiger partial charge in [0.2, 0.25) is 6.17 Å².